The summed E-state index contributed by atoms with van der Waals surface area (Å²) < 4.78 is 36.3. The normalized spacial score (nSPS) is 11.1. The molecule has 0 radical (unpaired) electrons. The Kier molecular flexibility index (Phi) is 7.54. The van der Waals surface area contributed by atoms with Gasteiger partial charge in [-0.2, -0.15) is 0 Å². The lowest BCUT2D eigenvalue weighted by atomic mass is 10.1. The molecule has 9 nitrogen and oxygen atoms in total. The summed E-state index contributed by atoms with van der Waals surface area (Å²) >= 11 is 0. The van der Waals surface area contributed by atoms with Crippen LogP contribution in [-0.2, 0) is 10.0 Å². The molecule has 3 aromatic rings. The molecule has 2 N–H and O–H groups in total. The highest BCUT2D eigenvalue weighted by molar-refractivity contribution is 7.89. The Morgan fingerprint density at radius 2 is 1.18 bits per heavy atom. The van der Waals surface area contributed by atoms with Gasteiger partial charge in [-0.25, -0.2) is 12.7 Å². The number of hydrogen-bond acceptors (Lipinski definition) is 6. The van der Waals surface area contributed by atoms with Gasteiger partial charge in [0.1, 0.15) is 11.5 Å². The monoisotopic (exact) mass is 483 g/mol. The number of rotatable bonds is 8. The van der Waals surface area contributed by atoms with Gasteiger partial charge in [0.15, 0.2) is 0 Å². The zero-order valence-corrected chi connectivity index (χ0v) is 20.0. The molecule has 34 heavy (non-hydrogen) atoms. The summed E-state index contributed by atoms with van der Waals surface area (Å²) in [5.74, 6) is -0.196. The molecule has 3 aromatic carbocycles. The molecule has 0 saturated heterocycles. The molecule has 0 spiro atoms. The number of nitrogens with one attached hydrogen (secondary N) is 2. The summed E-state index contributed by atoms with van der Waals surface area (Å²) in [6.07, 6.45) is 0. The van der Waals surface area contributed by atoms with Crippen LogP contribution in [0.15, 0.2) is 71.6 Å². The Morgan fingerprint density at radius 3 is 1.59 bits per heavy atom. The van der Waals surface area contributed by atoms with E-state index in [1.807, 2.05) is 6.07 Å². The van der Waals surface area contributed by atoms with Crippen LogP contribution in [0, 0.1) is 0 Å². The third kappa shape index (κ3) is 5.36. The lowest BCUT2D eigenvalue weighted by molar-refractivity contribution is 0.101. The van der Waals surface area contributed by atoms with E-state index in [9.17, 15) is 18.0 Å². The lowest BCUT2D eigenvalue weighted by Crippen LogP contribution is -2.22. The highest BCUT2D eigenvalue weighted by Crippen LogP contribution is 2.37. The van der Waals surface area contributed by atoms with Gasteiger partial charge in [-0.15, -0.1) is 0 Å². The molecule has 178 valence electrons. The average Bonchev–Trinajstić information content (AvgIpc) is 2.84. The van der Waals surface area contributed by atoms with Crippen molar-refractivity contribution < 1.29 is 27.5 Å². The third-order valence-corrected chi connectivity index (χ3v) is 6.78. The van der Waals surface area contributed by atoms with Crippen molar-refractivity contribution >= 4 is 33.2 Å². The molecule has 0 atom stereocenters. The average molecular weight is 484 g/mol. The highest BCUT2D eigenvalue weighted by atomic mass is 32.2. The van der Waals surface area contributed by atoms with E-state index >= 15 is 0 Å². The van der Waals surface area contributed by atoms with E-state index in [1.165, 1.54) is 58.6 Å². The molecule has 2 amide bonds. The summed E-state index contributed by atoms with van der Waals surface area (Å²) in [5.41, 5.74) is 1.40. The first-order valence-corrected chi connectivity index (χ1v) is 11.6. The van der Waals surface area contributed by atoms with Gasteiger partial charge in [-0.1, -0.05) is 18.2 Å². The molecule has 0 saturated carbocycles. The number of anilines is 2. The number of carbonyl (C=O) groups is 2. The summed E-state index contributed by atoms with van der Waals surface area (Å²) in [6, 6.07) is 17.3. The fraction of sp³-hybridized carbons (Fsp3) is 0.167. The molecule has 0 bridgehead atoms. The van der Waals surface area contributed by atoms with E-state index in [0.717, 1.165) is 4.31 Å². The fourth-order valence-electron chi connectivity index (χ4n) is 3.06. The SMILES string of the molecule is COc1cc(NC(=O)c2ccc(S(=O)(=O)N(C)C)cc2)c(OC)cc1NC(=O)c1ccccc1. The fourth-order valence-corrected chi connectivity index (χ4v) is 3.96. The summed E-state index contributed by atoms with van der Waals surface area (Å²) in [5, 5.41) is 5.51. The van der Waals surface area contributed by atoms with E-state index in [4.69, 9.17) is 9.47 Å². The van der Waals surface area contributed by atoms with Crippen molar-refractivity contribution in [2.24, 2.45) is 0 Å². The molecule has 0 unspecified atom stereocenters. The van der Waals surface area contributed by atoms with Crippen LogP contribution in [0.3, 0.4) is 0 Å². The van der Waals surface area contributed by atoms with Crippen LogP contribution in [0.1, 0.15) is 20.7 Å². The molecular formula is C24H25N3O6S. The first-order valence-electron chi connectivity index (χ1n) is 10.1. The van der Waals surface area contributed by atoms with E-state index in [1.54, 1.807) is 30.3 Å². The molecule has 0 aromatic heterocycles. The van der Waals surface area contributed by atoms with Crippen molar-refractivity contribution in [2.45, 2.75) is 4.90 Å². The number of benzene rings is 3. The minimum Gasteiger partial charge on any atom is -0.494 e. The lowest BCUT2D eigenvalue weighted by Gasteiger charge is -2.16. The summed E-state index contributed by atoms with van der Waals surface area (Å²) in [7, 11) is 2.13. The van der Waals surface area contributed by atoms with Crippen LogP contribution < -0.4 is 20.1 Å². The third-order valence-electron chi connectivity index (χ3n) is 4.95. The van der Waals surface area contributed by atoms with Gasteiger partial charge in [0.25, 0.3) is 11.8 Å². The van der Waals surface area contributed by atoms with Crippen LogP contribution in [-0.4, -0.2) is 52.9 Å². The van der Waals surface area contributed by atoms with Gasteiger partial charge >= 0.3 is 0 Å². The van der Waals surface area contributed by atoms with E-state index in [2.05, 4.69) is 10.6 Å². The minimum absolute atomic E-state index is 0.0758. The Hall–Kier alpha value is -3.89. The largest absolute Gasteiger partial charge is 0.494 e. The zero-order chi connectivity index (χ0) is 24.9. The first-order chi connectivity index (χ1) is 16.2. The van der Waals surface area contributed by atoms with Crippen LogP contribution in [0.2, 0.25) is 0 Å². The molecule has 0 fully saturated rings. The van der Waals surface area contributed by atoms with Gasteiger partial charge in [0.2, 0.25) is 10.0 Å². The Bertz CT molecular complexity index is 1290. The number of ether oxygens (including phenoxy) is 2. The van der Waals surface area contributed by atoms with E-state index in [0.29, 0.717) is 28.4 Å². The maximum absolute atomic E-state index is 12.8. The quantitative estimate of drug-likeness (QED) is 0.507. The van der Waals surface area contributed by atoms with Crippen LogP contribution >= 0.6 is 0 Å². The molecule has 10 heteroatoms. The molecule has 0 aliphatic carbocycles. The maximum Gasteiger partial charge on any atom is 0.255 e. The number of hydrogen-bond donors (Lipinski definition) is 2. The van der Waals surface area contributed by atoms with Gasteiger partial charge < -0.3 is 20.1 Å². The second-order valence-electron chi connectivity index (χ2n) is 7.34. The Morgan fingerprint density at radius 1 is 0.735 bits per heavy atom. The smallest absolute Gasteiger partial charge is 0.255 e. The molecular weight excluding hydrogens is 458 g/mol. The number of methoxy groups -OCH3 is 2. The van der Waals surface area contributed by atoms with Crippen molar-refractivity contribution in [3.8, 4) is 11.5 Å². The maximum atomic E-state index is 12.8. The Labute approximate surface area is 198 Å². The van der Waals surface area contributed by atoms with Crippen molar-refractivity contribution in [2.75, 3.05) is 38.9 Å². The number of nitrogens with zero attached hydrogens (tertiary/aromatic N) is 1. The van der Waals surface area contributed by atoms with Gasteiger partial charge in [-0.3, -0.25) is 9.59 Å². The minimum atomic E-state index is -3.60. The van der Waals surface area contributed by atoms with Gasteiger partial charge in [0.05, 0.1) is 30.5 Å². The zero-order valence-electron chi connectivity index (χ0n) is 19.2. The number of sulfonamides is 1. The summed E-state index contributed by atoms with van der Waals surface area (Å²) in [4.78, 5) is 25.4. The molecule has 0 heterocycles. The van der Waals surface area contributed by atoms with Crippen LogP contribution in [0.25, 0.3) is 0 Å². The highest BCUT2D eigenvalue weighted by Gasteiger charge is 2.19. The van der Waals surface area contributed by atoms with E-state index < -0.39 is 15.9 Å². The van der Waals surface area contributed by atoms with Crippen molar-refractivity contribution in [1.29, 1.82) is 0 Å². The topological polar surface area (TPSA) is 114 Å². The standard InChI is InChI=1S/C24H25N3O6S/c1-27(2)34(30,31)18-12-10-17(11-13-18)24(29)26-20-15-21(32-3)19(14-22(20)33-4)25-23(28)16-8-6-5-7-9-16/h5-15H,1-4H3,(H,25,28)(H,26,29). The van der Waals surface area contributed by atoms with Gasteiger partial charge in [0, 0.05) is 37.4 Å². The number of amides is 2. The van der Waals surface area contributed by atoms with Crippen LogP contribution in [0.4, 0.5) is 11.4 Å². The second kappa shape index (κ2) is 10.4. The summed E-state index contributed by atoms with van der Waals surface area (Å²) in [6.45, 7) is 0. The van der Waals surface area contributed by atoms with E-state index in [-0.39, 0.29) is 16.4 Å². The Balaban J connectivity index is 1.84. The van der Waals surface area contributed by atoms with Crippen molar-refractivity contribution in [3.63, 3.8) is 0 Å². The van der Waals surface area contributed by atoms with Crippen LogP contribution in [0.5, 0.6) is 11.5 Å². The number of carbonyl (C=O) groups excluding carboxylic acids is 2. The second-order valence-corrected chi connectivity index (χ2v) is 9.49. The van der Waals surface area contributed by atoms with Gasteiger partial charge in [-0.05, 0) is 36.4 Å². The predicted molar refractivity (Wildman–Crippen MR) is 129 cm³/mol. The predicted octanol–water partition coefficient (Wildman–Crippen LogP) is 3.46. The van der Waals surface area contributed by atoms with Crippen molar-refractivity contribution in [1.82, 2.24) is 4.31 Å². The van der Waals surface area contributed by atoms with Crippen molar-refractivity contribution in [3.05, 3.63) is 77.9 Å². The molecule has 3 rings (SSSR count). The molecule has 0 aliphatic heterocycles. The molecule has 0 aliphatic rings. The first kappa shape index (κ1) is 24.7.